The van der Waals surface area contributed by atoms with Gasteiger partial charge in [0.15, 0.2) is 5.82 Å². The number of benzene rings is 2. The van der Waals surface area contributed by atoms with Crippen LogP contribution in [0.2, 0.25) is 0 Å². The third-order valence-electron chi connectivity index (χ3n) is 6.13. The fourth-order valence-corrected chi connectivity index (χ4v) is 4.76. The number of phenolic OH excluding ortho intramolecular Hbond substituents is 1. The van der Waals surface area contributed by atoms with Gasteiger partial charge in [0.25, 0.3) is 0 Å². The van der Waals surface area contributed by atoms with Crippen molar-refractivity contribution in [1.29, 1.82) is 0 Å². The Morgan fingerprint density at radius 3 is 2.70 bits per heavy atom. The van der Waals surface area contributed by atoms with Crippen LogP contribution in [0.15, 0.2) is 47.6 Å². The number of nitrogens with zero attached hydrogens (tertiary/aromatic N) is 3. The zero-order chi connectivity index (χ0) is 20.8. The van der Waals surface area contributed by atoms with E-state index in [2.05, 4.69) is 20.2 Å². The van der Waals surface area contributed by atoms with E-state index < -0.39 is 5.82 Å². The standard InChI is InChI=1S/C23H24FN5O/c1-26-23(29-11-14-6-7-15(12-29)28-14)19-10-27-22(20(24)21(19)25)18-9-16(30)8-13-4-2-3-5-17(13)18/h2-5,8-10,14-15,28,30H,6-7,11-12H2,1H3,(H2,25,27). The molecule has 2 aliphatic heterocycles. The second-order valence-electron chi connectivity index (χ2n) is 8.05. The molecule has 2 aliphatic rings. The number of hydrogen-bond donors (Lipinski definition) is 3. The molecule has 0 aliphatic carbocycles. The molecule has 0 amide bonds. The van der Waals surface area contributed by atoms with Crippen LogP contribution >= 0.6 is 0 Å². The smallest absolute Gasteiger partial charge is 0.173 e. The Morgan fingerprint density at radius 2 is 1.97 bits per heavy atom. The van der Waals surface area contributed by atoms with Crippen molar-refractivity contribution in [3.8, 4) is 17.0 Å². The van der Waals surface area contributed by atoms with Crippen molar-refractivity contribution in [3.63, 3.8) is 0 Å². The Labute approximate surface area is 174 Å². The van der Waals surface area contributed by atoms with E-state index in [4.69, 9.17) is 5.73 Å². The summed E-state index contributed by atoms with van der Waals surface area (Å²) in [5.74, 6) is 0.131. The summed E-state index contributed by atoms with van der Waals surface area (Å²) in [7, 11) is 1.70. The zero-order valence-electron chi connectivity index (χ0n) is 16.8. The van der Waals surface area contributed by atoms with Crippen molar-refractivity contribution >= 4 is 22.3 Å². The first-order valence-electron chi connectivity index (χ1n) is 10.2. The lowest BCUT2D eigenvalue weighted by Crippen LogP contribution is -2.53. The third kappa shape index (κ3) is 3.06. The van der Waals surface area contributed by atoms with Crippen LogP contribution in [0.4, 0.5) is 10.1 Å². The zero-order valence-corrected chi connectivity index (χ0v) is 16.8. The number of nitrogens with two attached hydrogens (primary N) is 1. The summed E-state index contributed by atoms with van der Waals surface area (Å²) in [6.07, 6.45) is 3.88. The van der Waals surface area contributed by atoms with Crippen LogP contribution in [0.1, 0.15) is 18.4 Å². The summed E-state index contributed by atoms with van der Waals surface area (Å²) in [5, 5.41) is 15.3. The summed E-state index contributed by atoms with van der Waals surface area (Å²) in [5.41, 5.74) is 7.44. The van der Waals surface area contributed by atoms with Crippen LogP contribution in [0.3, 0.4) is 0 Å². The molecule has 154 valence electrons. The van der Waals surface area contributed by atoms with Crippen molar-refractivity contribution < 1.29 is 9.50 Å². The largest absolute Gasteiger partial charge is 0.508 e. The molecule has 2 bridgehead atoms. The van der Waals surface area contributed by atoms with E-state index in [-0.39, 0.29) is 17.1 Å². The molecule has 7 heteroatoms. The Kier molecular flexibility index (Phi) is 4.55. The Hall–Kier alpha value is -3.19. The van der Waals surface area contributed by atoms with Crippen LogP contribution in [-0.4, -0.2) is 53.0 Å². The lowest BCUT2D eigenvalue weighted by molar-refractivity contribution is 0.289. The van der Waals surface area contributed by atoms with Gasteiger partial charge in [-0.1, -0.05) is 24.3 Å². The minimum atomic E-state index is -0.595. The van der Waals surface area contributed by atoms with Crippen molar-refractivity contribution in [2.75, 3.05) is 25.9 Å². The number of fused-ring (bicyclic) bond motifs is 3. The first kappa shape index (κ1) is 18.8. The number of phenols is 1. The molecule has 2 aromatic carbocycles. The van der Waals surface area contributed by atoms with Gasteiger partial charge in [0.1, 0.15) is 17.3 Å². The maximum atomic E-state index is 15.5. The third-order valence-corrected chi connectivity index (χ3v) is 6.13. The summed E-state index contributed by atoms with van der Waals surface area (Å²) in [6, 6.07) is 11.5. The highest BCUT2D eigenvalue weighted by molar-refractivity contribution is 6.04. The number of aliphatic imine (C=N–C) groups is 1. The molecule has 2 atom stereocenters. The van der Waals surface area contributed by atoms with E-state index in [1.807, 2.05) is 24.3 Å². The molecule has 2 fully saturated rings. The van der Waals surface area contributed by atoms with Gasteiger partial charge in [-0.05, 0) is 35.7 Å². The number of likely N-dealkylation sites (tertiary alicyclic amines) is 1. The van der Waals surface area contributed by atoms with Crippen LogP contribution in [0.25, 0.3) is 22.0 Å². The fourth-order valence-electron chi connectivity index (χ4n) is 4.76. The Morgan fingerprint density at radius 1 is 1.23 bits per heavy atom. The average molecular weight is 405 g/mol. The normalized spacial score (nSPS) is 21.4. The highest BCUT2D eigenvalue weighted by Gasteiger charge is 2.34. The molecule has 6 nitrogen and oxygen atoms in total. The van der Waals surface area contributed by atoms with E-state index >= 15 is 4.39 Å². The number of nitrogens with one attached hydrogen (secondary N) is 1. The van der Waals surface area contributed by atoms with Gasteiger partial charge in [0.05, 0.1) is 11.3 Å². The van der Waals surface area contributed by atoms with Crippen LogP contribution < -0.4 is 11.1 Å². The van der Waals surface area contributed by atoms with Crippen molar-refractivity contribution in [2.24, 2.45) is 4.99 Å². The number of rotatable bonds is 2. The van der Waals surface area contributed by atoms with Gasteiger partial charge in [0, 0.05) is 44.0 Å². The summed E-state index contributed by atoms with van der Waals surface area (Å²) in [6.45, 7) is 1.65. The number of amidine groups is 1. The average Bonchev–Trinajstić information content (AvgIpc) is 3.09. The van der Waals surface area contributed by atoms with E-state index in [1.165, 1.54) is 6.07 Å². The maximum absolute atomic E-state index is 15.5. The SMILES string of the molecule is CN=C(c1cnc(-c2cc(O)cc3ccccc23)c(F)c1N)N1CC2CCC(C1)N2. The fraction of sp³-hybridized carbons (Fsp3) is 0.304. The second kappa shape index (κ2) is 7.25. The summed E-state index contributed by atoms with van der Waals surface area (Å²) in [4.78, 5) is 11.0. The summed E-state index contributed by atoms with van der Waals surface area (Å²) < 4.78 is 15.5. The number of aromatic nitrogens is 1. The lowest BCUT2D eigenvalue weighted by atomic mass is 9.99. The molecule has 30 heavy (non-hydrogen) atoms. The predicted molar refractivity (Wildman–Crippen MR) is 117 cm³/mol. The highest BCUT2D eigenvalue weighted by atomic mass is 19.1. The van der Waals surface area contributed by atoms with Gasteiger partial charge in [-0.15, -0.1) is 0 Å². The van der Waals surface area contributed by atoms with E-state index in [0.29, 0.717) is 29.0 Å². The molecule has 1 aromatic heterocycles. The Balaban J connectivity index is 1.58. The van der Waals surface area contributed by atoms with E-state index in [9.17, 15) is 5.11 Å². The second-order valence-corrected chi connectivity index (χ2v) is 8.05. The number of aromatic hydroxyl groups is 1. The first-order valence-corrected chi connectivity index (χ1v) is 10.2. The number of hydrogen-bond acceptors (Lipinski definition) is 5. The summed E-state index contributed by atoms with van der Waals surface area (Å²) >= 11 is 0. The van der Waals surface area contributed by atoms with Crippen LogP contribution in [0.5, 0.6) is 5.75 Å². The van der Waals surface area contributed by atoms with Crippen LogP contribution in [0, 0.1) is 5.82 Å². The van der Waals surface area contributed by atoms with E-state index in [1.54, 1.807) is 19.3 Å². The number of anilines is 1. The van der Waals surface area contributed by atoms with Crippen LogP contribution in [-0.2, 0) is 0 Å². The van der Waals surface area contributed by atoms with Crippen molar-refractivity contribution in [3.05, 3.63) is 54.0 Å². The molecule has 3 heterocycles. The molecular formula is C23H24FN5O. The molecule has 4 N–H and O–H groups in total. The highest BCUT2D eigenvalue weighted by Crippen LogP contribution is 2.35. The molecule has 0 radical (unpaired) electrons. The lowest BCUT2D eigenvalue weighted by Gasteiger charge is -2.35. The monoisotopic (exact) mass is 405 g/mol. The predicted octanol–water partition coefficient (Wildman–Crippen LogP) is 3.14. The van der Waals surface area contributed by atoms with Gasteiger partial charge in [0.2, 0.25) is 0 Å². The molecule has 2 saturated heterocycles. The molecule has 2 unspecified atom stereocenters. The number of nitrogen functional groups attached to an aromatic ring is 1. The number of piperazine rings is 1. The molecule has 5 rings (SSSR count). The van der Waals surface area contributed by atoms with Gasteiger partial charge < -0.3 is 21.1 Å². The maximum Gasteiger partial charge on any atom is 0.173 e. The minimum absolute atomic E-state index is 0.0268. The Bertz CT molecular complexity index is 1150. The van der Waals surface area contributed by atoms with Gasteiger partial charge in [-0.3, -0.25) is 9.98 Å². The van der Waals surface area contributed by atoms with Crippen molar-refractivity contribution in [2.45, 2.75) is 24.9 Å². The van der Waals surface area contributed by atoms with Gasteiger partial charge in [-0.2, -0.15) is 0 Å². The quantitative estimate of drug-likeness (QED) is 0.450. The number of halogens is 1. The molecule has 0 spiro atoms. The van der Waals surface area contributed by atoms with E-state index in [0.717, 1.165) is 36.7 Å². The molecular weight excluding hydrogens is 381 g/mol. The van der Waals surface area contributed by atoms with Gasteiger partial charge >= 0.3 is 0 Å². The molecule has 3 aromatic rings. The van der Waals surface area contributed by atoms with Crippen molar-refractivity contribution in [1.82, 2.24) is 15.2 Å². The first-order chi connectivity index (χ1) is 14.5. The van der Waals surface area contributed by atoms with Gasteiger partial charge in [-0.25, -0.2) is 4.39 Å². The minimum Gasteiger partial charge on any atom is -0.508 e. The topological polar surface area (TPSA) is 86.8 Å². The molecule has 0 saturated carbocycles. The number of pyridine rings is 1.